The number of aliphatic carboxylic acids is 1. The number of rotatable bonds is 15. The minimum Gasteiger partial charge on any atom is -1.00 e. The van der Waals surface area contributed by atoms with Gasteiger partial charge in [-0.1, -0.05) is 58.2 Å². The summed E-state index contributed by atoms with van der Waals surface area (Å²) in [4.78, 5) is 19.2. The Labute approximate surface area is 303 Å². The molecule has 0 atom stereocenters. The highest BCUT2D eigenvalue weighted by Crippen LogP contribution is 2.46. The first-order chi connectivity index (χ1) is 23.5. The number of hydrogen-bond acceptors (Lipinski definition) is 5. The quantitative estimate of drug-likeness (QED) is 0.0906. The van der Waals surface area contributed by atoms with E-state index < -0.39 is 5.97 Å². The van der Waals surface area contributed by atoms with Crippen molar-refractivity contribution in [2.75, 3.05) is 18.0 Å². The molecule has 4 heterocycles. The van der Waals surface area contributed by atoms with E-state index in [0.29, 0.717) is 30.0 Å². The summed E-state index contributed by atoms with van der Waals surface area (Å²) in [5.41, 5.74) is 6.93. The zero-order valence-corrected chi connectivity index (χ0v) is 30.8. The Kier molecular flexibility index (Phi) is 10.8. The SMILES string of the molecule is CCCCN(CCCC)c1ccc2c(c1)oc1c3oc(-c4cc[n+](CCCC)cc4)nc3c3c(c4ccccc4n3CCCC(=O)O)c21.[I-]. The number of oxazole rings is 1. The van der Waals surface area contributed by atoms with Crippen LogP contribution >= 0.6 is 0 Å². The smallest absolute Gasteiger partial charge is 0.303 e. The third-order valence-corrected chi connectivity index (χ3v) is 9.56. The molecule has 0 aliphatic heterocycles. The number of halogens is 1. The van der Waals surface area contributed by atoms with E-state index in [2.05, 4.69) is 95.7 Å². The van der Waals surface area contributed by atoms with Crippen molar-refractivity contribution in [1.82, 2.24) is 9.55 Å². The highest BCUT2D eigenvalue weighted by molar-refractivity contribution is 6.34. The monoisotopic (exact) mass is 772 g/mol. The summed E-state index contributed by atoms with van der Waals surface area (Å²) in [5, 5.41) is 13.7. The molecule has 0 amide bonds. The molecule has 0 radical (unpaired) electrons. The van der Waals surface area contributed by atoms with Gasteiger partial charge in [-0.15, -0.1) is 0 Å². The molecule has 256 valence electrons. The van der Waals surface area contributed by atoms with Crippen molar-refractivity contribution < 1.29 is 47.3 Å². The standard InChI is InChI=1S/C40H44N4O4.HI/c1-4-7-20-42-24-18-27(19-25-42)40-41-36-37-34(29-13-10-11-14-31(29)44(37)23-12-15-33(45)46)35-30-17-16-28(43(21-8-5-2)22-9-6-3)26-32(30)47-38(35)39(36)48-40;/h10-11,13-14,16-19,24-26H,4-9,12,15,20-23H2,1-3H3;1H. The van der Waals surface area contributed by atoms with Crippen molar-refractivity contribution in [2.24, 2.45) is 0 Å². The van der Waals surface area contributed by atoms with Crippen molar-refractivity contribution in [3.63, 3.8) is 0 Å². The van der Waals surface area contributed by atoms with Crippen LogP contribution in [0.1, 0.15) is 72.1 Å². The molecule has 4 aromatic heterocycles. The number of furan rings is 1. The van der Waals surface area contributed by atoms with Gasteiger partial charge in [-0.2, -0.15) is 0 Å². The summed E-state index contributed by atoms with van der Waals surface area (Å²) < 4.78 is 17.9. The zero-order chi connectivity index (χ0) is 33.2. The molecule has 0 spiro atoms. The molecular formula is C40H45IN4O4. The van der Waals surface area contributed by atoms with Gasteiger partial charge in [0.25, 0.3) is 0 Å². The molecule has 8 nitrogen and oxygen atoms in total. The molecule has 1 N–H and O–H groups in total. The number of carboxylic acids is 1. The third kappa shape index (κ3) is 6.61. The predicted octanol–water partition coefficient (Wildman–Crippen LogP) is 6.87. The van der Waals surface area contributed by atoms with Crippen molar-refractivity contribution in [1.29, 1.82) is 0 Å². The first-order valence-corrected chi connectivity index (χ1v) is 17.7. The Morgan fingerprint density at radius 3 is 2.31 bits per heavy atom. The van der Waals surface area contributed by atoms with E-state index >= 15 is 0 Å². The van der Waals surface area contributed by atoms with E-state index in [1.807, 2.05) is 6.07 Å². The average Bonchev–Trinajstić information content (AvgIpc) is 3.80. The number of unbranched alkanes of at least 4 members (excludes halogenated alkanes) is 3. The van der Waals surface area contributed by atoms with E-state index in [1.165, 1.54) is 5.69 Å². The molecule has 7 rings (SSSR count). The van der Waals surface area contributed by atoms with Gasteiger partial charge in [0.1, 0.15) is 17.6 Å². The largest absolute Gasteiger partial charge is 1.00 e. The lowest BCUT2D eigenvalue weighted by molar-refractivity contribution is -0.697. The van der Waals surface area contributed by atoms with Crippen LogP contribution in [0.2, 0.25) is 0 Å². The van der Waals surface area contributed by atoms with Crippen molar-refractivity contribution in [3.05, 3.63) is 67.0 Å². The van der Waals surface area contributed by atoms with Gasteiger partial charge in [0.2, 0.25) is 11.5 Å². The maximum atomic E-state index is 11.5. The molecule has 3 aromatic carbocycles. The van der Waals surface area contributed by atoms with Crippen LogP contribution in [-0.2, 0) is 17.9 Å². The molecule has 0 aliphatic carbocycles. The number of hydrogen-bond donors (Lipinski definition) is 1. The summed E-state index contributed by atoms with van der Waals surface area (Å²) in [6.45, 7) is 10.2. The minimum absolute atomic E-state index is 0. The molecule has 0 fully saturated rings. The van der Waals surface area contributed by atoms with Crippen LogP contribution in [-0.4, -0.2) is 33.7 Å². The molecule has 7 aromatic rings. The number of fused-ring (bicyclic) bond motifs is 10. The Bertz CT molecular complexity index is 2220. The fourth-order valence-corrected chi connectivity index (χ4v) is 7.03. The van der Waals surface area contributed by atoms with E-state index in [0.717, 1.165) is 107 Å². The molecule has 0 aliphatic rings. The Morgan fingerprint density at radius 2 is 1.59 bits per heavy atom. The number of aryl methyl sites for hydroxylation is 2. The van der Waals surface area contributed by atoms with Crippen LogP contribution in [0, 0.1) is 0 Å². The molecule has 0 bridgehead atoms. The molecular weight excluding hydrogens is 727 g/mol. The van der Waals surface area contributed by atoms with Crippen LogP contribution < -0.4 is 33.4 Å². The van der Waals surface area contributed by atoms with Crippen molar-refractivity contribution >= 4 is 66.5 Å². The van der Waals surface area contributed by atoms with Gasteiger partial charge in [-0.05, 0) is 37.5 Å². The maximum absolute atomic E-state index is 11.5. The Balaban J connectivity index is 0.00000417. The van der Waals surface area contributed by atoms with Crippen LogP contribution in [0.3, 0.4) is 0 Å². The molecule has 49 heavy (non-hydrogen) atoms. The molecule has 0 unspecified atom stereocenters. The number of nitrogens with zero attached hydrogens (tertiary/aromatic N) is 4. The lowest BCUT2D eigenvalue weighted by Crippen LogP contribution is -3.00. The number of pyridine rings is 1. The van der Waals surface area contributed by atoms with Crippen molar-refractivity contribution in [2.45, 2.75) is 85.2 Å². The zero-order valence-electron chi connectivity index (χ0n) is 28.7. The summed E-state index contributed by atoms with van der Waals surface area (Å²) in [5.74, 6) is -0.258. The number of para-hydroxylation sites is 1. The van der Waals surface area contributed by atoms with E-state index in [-0.39, 0.29) is 30.4 Å². The van der Waals surface area contributed by atoms with E-state index in [1.54, 1.807) is 0 Å². The fourth-order valence-electron chi connectivity index (χ4n) is 7.03. The molecule has 9 heteroatoms. The highest BCUT2D eigenvalue weighted by atomic mass is 127. The van der Waals surface area contributed by atoms with Crippen LogP contribution in [0.4, 0.5) is 5.69 Å². The van der Waals surface area contributed by atoms with Gasteiger partial charge in [0, 0.05) is 89.0 Å². The first-order valence-electron chi connectivity index (χ1n) is 17.7. The second kappa shape index (κ2) is 15.2. The lowest BCUT2D eigenvalue weighted by atomic mass is 10.0. The Hall–Kier alpha value is -4.12. The summed E-state index contributed by atoms with van der Waals surface area (Å²) in [6.07, 6.45) is 11.6. The van der Waals surface area contributed by atoms with Gasteiger partial charge in [0.15, 0.2) is 18.0 Å². The van der Waals surface area contributed by atoms with Crippen LogP contribution in [0.5, 0.6) is 0 Å². The van der Waals surface area contributed by atoms with Crippen molar-refractivity contribution in [3.8, 4) is 11.5 Å². The Morgan fingerprint density at radius 1 is 0.857 bits per heavy atom. The minimum atomic E-state index is -0.796. The second-order valence-electron chi connectivity index (χ2n) is 12.9. The number of benzene rings is 3. The summed E-state index contributed by atoms with van der Waals surface area (Å²) in [6, 6.07) is 19.1. The number of aromatic nitrogens is 3. The normalized spacial score (nSPS) is 11.7. The fraction of sp³-hybridized carbons (Fsp3) is 0.375. The van der Waals surface area contributed by atoms with Gasteiger partial charge in [-0.3, -0.25) is 4.79 Å². The van der Waals surface area contributed by atoms with Crippen LogP contribution in [0.25, 0.3) is 66.3 Å². The number of carbonyl (C=O) groups is 1. The number of anilines is 1. The van der Waals surface area contributed by atoms with E-state index in [9.17, 15) is 9.90 Å². The van der Waals surface area contributed by atoms with Crippen LogP contribution in [0.15, 0.2) is 75.8 Å². The average molecular weight is 773 g/mol. The first kappa shape index (κ1) is 34.7. The second-order valence-corrected chi connectivity index (χ2v) is 12.9. The highest BCUT2D eigenvalue weighted by Gasteiger charge is 2.26. The van der Waals surface area contributed by atoms with Gasteiger partial charge >= 0.3 is 5.97 Å². The number of carboxylic acid groups (broad SMARTS) is 1. The van der Waals surface area contributed by atoms with Gasteiger partial charge < -0.3 is 47.4 Å². The lowest BCUT2D eigenvalue weighted by Gasteiger charge is -2.24. The third-order valence-electron chi connectivity index (χ3n) is 9.56. The maximum Gasteiger partial charge on any atom is 0.303 e. The predicted molar refractivity (Wildman–Crippen MR) is 194 cm³/mol. The van der Waals surface area contributed by atoms with Gasteiger partial charge in [-0.25, -0.2) is 9.55 Å². The van der Waals surface area contributed by atoms with E-state index in [4.69, 9.17) is 13.8 Å². The molecule has 0 saturated carbocycles. The summed E-state index contributed by atoms with van der Waals surface area (Å²) in [7, 11) is 0. The summed E-state index contributed by atoms with van der Waals surface area (Å²) >= 11 is 0. The van der Waals surface area contributed by atoms with Gasteiger partial charge in [0.05, 0.1) is 5.52 Å². The molecule has 0 saturated heterocycles. The topological polar surface area (TPSA) is 88.5 Å².